The van der Waals surface area contributed by atoms with E-state index in [1.165, 1.54) is 12.1 Å². The molecule has 0 aliphatic heterocycles. The molecule has 0 radical (unpaired) electrons. The van der Waals surface area contributed by atoms with Crippen LogP contribution in [0.15, 0.2) is 30.3 Å². The molecule has 0 heterocycles. The predicted octanol–water partition coefficient (Wildman–Crippen LogP) is 4.28. The Balaban J connectivity index is 2.49. The Kier molecular flexibility index (Phi) is 3.88. The lowest BCUT2D eigenvalue weighted by Gasteiger charge is -2.17. The Bertz CT molecular complexity index is 606. The van der Waals surface area contributed by atoms with Gasteiger partial charge in [0.1, 0.15) is 11.6 Å². The first-order valence-electron chi connectivity index (χ1n) is 5.86. The van der Waals surface area contributed by atoms with Gasteiger partial charge in [0.2, 0.25) is 0 Å². The molecule has 100 valence electrons. The molecule has 2 aromatic rings. The summed E-state index contributed by atoms with van der Waals surface area (Å²) in [6, 6.07) is 6.40. The van der Waals surface area contributed by atoms with Crippen LogP contribution >= 0.6 is 11.6 Å². The third-order valence-electron chi connectivity index (χ3n) is 3.13. The van der Waals surface area contributed by atoms with Gasteiger partial charge in [-0.05, 0) is 54.3 Å². The molecule has 0 bridgehead atoms. The van der Waals surface area contributed by atoms with E-state index in [1.807, 2.05) is 26.0 Å². The van der Waals surface area contributed by atoms with Crippen molar-refractivity contribution in [1.82, 2.24) is 0 Å². The smallest absolute Gasteiger partial charge is 0.126 e. The summed E-state index contributed by atoms with van der Waals surface area (Å²) in [5.74, 6) is -1.26. The van der Waals surface area contributed by atoms with Gasteiger partial charge in [-0.15, -0.1) is 0 Å². The molecule has 0 spiro atoms. The van der Waals surface area contributed by atoms with Gasteiger partial charge in [-0.25, -0.2) is 8.78 Å². The van der Waals surface area contributed by atoms with E-state index < -0.39 is 17.7 Å². The van der Waals surface area contributed by atoms with Crippen LogP contribution in [0.25, 0.3) is 0 Å². The second-order valence-electron chi connectivity index (χ2n) is 4.64. The van der Waals surface area contributed by atoms with Gasteiger partial charge in [0.05, 0.1) is 6.04 Å². The first-order valence-corrected chi connectivity index (χ1v) is 6.24. The molecule has 0 aliphatic carbocycles. The largest absolute Gasteiger partial charge is 0.320 e. The standard InChI is InChI=1S/C15H14ClF2N/c1-8-4-14(16)9(2)3-13(8)15(19)10-5-11(17)7-12(18)6-10/h3-7,15H,19H2,1-2H3. The highest BCUT2D eigenvalue weighted by Gasteiger charge is 2.15. The monoisotopic (exact) mass is 281 g/mol. The summed E-state index contributed by atoms with van der Waals surface area (Å²) < 4.78 is 26.5. The van der Waals surface area contributed by atoms with Crippen LogP contribution in [0.3, 0.4) is 0 Å². The number of rotatable bonds is 2. The molecule has 0 fully saturated rings. The summed E-state index contributed by atoms with van der Waals surface area (Å²) >= 11 is 6.03. The Morgan fingerprint density at radius 2 is 1.53 bits per heavy atom. The highest BCUT2D eigenvalue weighted by Crippen LogP contribution is 2.28. The van der Waals surface area contributed by atoms with Crippen molar-refractivity contribution in [3.8, 4) is 0 Å². The molecule has 19 heavy (non-hydrogen) atoms. The van der Waals surface area contributed by atoms with Crippen LogP contribution in [0.5, 0.6) is 0 Å². The van der Waals surface area contributed by atoms with Crippen molar-refractivity contribution >= 4 is 11.6 Å². The van der Waals surface area contributed by atoms with Crippen LogP contribution in [0.4, 0.5) is 8.78 Å². The van der Waals surface area contributed by atoms with Gasteiger partial charge in [-0.3, -0.25) is 0 Å². The maximum Gasteiger partial charge on any atom is 0.126 e. The number of hydrogen-bond donors (Lipinski definition) is 1. The van der Waals surface area contributed by atoms with Crippen LogP contribution in [-0.4, -0.2) is 0 Å². The van der Waals surface area contributed by atoms with Crippen molar-refractivity contribution in [2.45, 2.75) is 19.9 Å². The van der Waals surface area contributed by atoms with Gasteiger partial charge in [-0.2, -0.15) is 0 Å². The van der Waals surface area contributed by atoms with E-state index in [2.05, 4.69) is 0 Å². The second kappa shape index (κ2) is 5.27. The first kappa shape index (κ1) is 14.0. The molecule has 0 amide bonds. The fourth-order valence-electron chi connectivity index (χ4n) is 2.07. The van der Waals surface area contributed by atoms with Crippen molar-refractivity contribution in [2.24, 2.45) is 5.73 Å². The summed E-state index contributed by atoms with van der Waals surface area (Å²) in [6.45, 7) is 3.74. The number of aryl methyl sites for hydroxylation is 2. The van der Waals surface area contributed by atoms with E-state index in [9.17, 15) is 8.78 Å². The SMILES string of the molecule is Cc1cc(C(N)c2cc(F)cc(F)c2)c(C)cc1Cl. The fourth-order valence-corrected chi connectivity index (χ4v) is 2.29. The Hall–Kier alpha value is -1.45. The quantitative estimate of drug-likeness (QED) is 0.873. The van der Waals surface area contributed by atoms with Crippen molar-refractivity contribution in [3.05, 3.63) is 69.2 Å². The molecule has 4 heteroatoms. The number of halogens is 3. The van der Waals surface area contributed by atoms with Gasteiger partial charge < -0.3 is 5.73 Å². The molecule has 0 saturated heterocycles. The molecule has 2 rings (SSSR count). The molecule has 1 unspecified atom stereocenters. The minimum absolute atomic E-state index is 0.405. The number of benzene rings is 2. The van der Waals surface area contributed by atoms with Crippen LogP contribution in [0, 0.1) is 25.5 Å². The Morgan fingerprint density at radius 1 is 0.947 bits per heavy atom. The zero-order valence-electron chi connectivity index (χ0n) is 10.7. The van der Waals surface area contributed by atoms with Crippen LogP contribution in [-0.2, 0) is 0 Å². The first-order chi connectivity index (χ1) is 8.88. The average Bonchev–Trinajstić information content (AvgIpc) is 2.31. The fraction of sp³-hybridized carbons (Fsp3) is 0.200. The zero-order valence-corrected chi connectivity index (χ0v) is 11.4. The van der Waals surface area contributed by atoms with Gasteiger partial charge in [-0.1, -0.05) is 17.7 Å². The van der Waals surface area contributed by atoms with E-state index in [1.54, 1.807) is 0 Å². The molecule has 2 N–H and O–H groups in total. The van der Waals surface area contributed by atoms with E-state index in [0.717, 1.165) is 22.8 Å². The lowest BCUT2D eigenvalue weighted by Crippen LogP contribution is -2.14. The van der Waals surface area contributed by atoms with Crippen molar-refractivity contribution in [1.29, 1.82) is 0 Å². The topological polar surface area (TPSA) is 26.0 Å². The van der Waals surface area contributed by atoms with E-state index in [-0.39, 0.29) is 0 Å². The predicted molar refractivity (Wildman–Crippen MR) is 73.3 cm³/mol. The molecule has 2 aromatic carbocycles. The highest BCUT2D eigenvalue weighted by atomic mass is 35.5. The van der Waals surface area contributed by atoms with Crippen LogP contribution < -0.4 is 5.73 Å². The summed E-state index contributed by atoms with van der Waals surface area (Å²) in [4.78, 5) is 0. The number of nitrogens with two attached hydrogens (primary N) is 1. The third-order valence-corrected chi connectivity index (χ3v) is 3.53. The number of hydrogen-bond acceptors (Lipinski definition) is 1. The summed E-state index contributed by atoms with van der Waals surface area (Å²) in [6.07, 6.45) is 0. The average molecular weight is 282 g/mol. The molecule has 0 aliphatic rings. The van der Waals surface area contributed by atoms with Gasteiger partial charge in [0.15, 0.2) is 0 Å². The lowest BCUT2D eigenvalue weighted by atomic mass is 9.94. The minimum atomic E-state index is -0.631. The van der Waals surface area contributed by atoms with Crippen molar-refractivity contribution in [3.63, 3.8) is 0 Å². The molecule has 1 atom stereocenters. The molecular weight excluding hydrogens is 268 g/mol. The molecular formula is C15H14ClF2N. The maximum absolute atomic E-state index is 13.2. The zero-order chi connectivity index (χ0) is 14.2. The Labute approximate surface area is 116 Å². The van der Waals surface area contributed by atoms with E-state index in [4.69, 9.17) is 17.3 Å². The van der Waals surface area contributed by atoms with Gasteiger partial charge in [0, 0.05) is 11.1 Å². The van der Waals surface area contributed by atoms with Gasteiger partial charge in [0.25, 0.3) is 0 Å². The molecule has 0 saturated carbocycles. The third kappa shape index (κ3) is 2.94. The summed E-state index contributed by atoms with van der Waals surface area (Å²) in [5, 5.41) is 0.652. The Morgan fingerprint density at radius 3 is 2.11 bits per heavy atom. The van der Waals surface area contributed by atoms with Crippen LogP contribution in [0.2, 0.25) is 5.02 Å². The van der Waals surface area contributed by atoms with Crippen molar-refractivity contribution < 1.29 is 8.78 Å². The second-order valence-corrected chi connectivity index (χ2v) is 5.05. The van der Waals surface area contributed by atoms with Crippen molar-refractivity contribution in [2.75, 3.05) is 0 Å². The molecule has 1 nitrogen and oxygen atoms in total. The van der Waals surface area contributed by atoms with E-state index in [0.29, 0.717) is 10.6 Å². The minimum Gasteiger partial charge on any atom is -0.320 e. The molecule has 0 aromatic heterocycles. The highest BCUT2D eigenvalue weighted by molar-refractivity contribution is 6.31. The van der Waals surface area contributed by atoms with Gasteiger partial charge >= 0.3 is 0 Å². The summed E-state index contributed by atoms with van der Waals surface area (Å²) in [5.41, 5.74) is 9.09. The maximum atomic E-state index is 13.2. The van der Waals surface area contributed by atoms with E-state index >= 15 is 0 Å². The van der Waals surface area contributed by atoms with Crippen LogP contribution in [0.1, 0.15) is 28.3 Å². The summed E-state index contributed by atoms with van der Waals surface area (Å²) in [7, 11) is 0. The normalized spacial score (nSPS) is 12.5. The lowest BCUT2D eigenvalue weighted by molar-refractivity contribution is 0.577.